The quantitative estimate of drug-likeness (QED) is 0.390. The second-order valence-electron chi connectivity index (χ2n) is 4.62. The number of nitrogens with zero attached hydrogens (tertiary/aromatic N) is 1. The average Bonchev–Trinajstić information content (AvgIpc) is 2.55. The molecule has 5 heteroatoms. The van der Waals surface area contributed by atoms with Crippen LogP contribution in [0.3, 0.4) is 0 Å². The number of nitriles is 1. The Morgan fingerprint density at radius 1 is 1.35 bits per heavy atom. The Labute approximate surface area is 148 Å². The van der Waals surface area contributed by atoms with Gasteiger partial charge in [0.25, 0.3) is 0 Å². The molecule has 0 aliphatic heterocycles. The molecule has 3 nitrogen and oxygen atoms in total. The van der Waals surface area contributed by atoms with E-state index in [9.17, 15) is 9.65 Å². The first-order valence-corrected chi connectivity index (χ1v) is 8.05. The van der Waals surface area contributed by atoms with Crippen LogP contribution in [0.4, 0.5) is 4.39 Å². The summed E-state index contributed by atoms with van der Waals surface area (Å²) >= 11 is 2.15. The monoisotopic (exact) mass is 423 g/mol. The minimum absolute atomic E-state index is 0.255. The summed E-state index contributed by atoms with van der Waals surface area (Å²) in [4.78, 5) is 0. The maximum absolute atomic E-state index is 13.9. The van der Waals surface area contributed by atoms with Gasteiger partial charge in [-0.2, -0.15) is 5.26 Å². The minimum Gasteiger partial charge on any atom is -0.493 e. The summed E-state index contributed by atoms with van der Waals surface area (Å²) in [6.07, 6.45) is 1.64. The summed E-state index contributed by atoms with van der Waals surface area (Å²) in [5.41, 5.74) is 1.28. The molecule has 2 aromatic carbocycles. The third kappa shape index (κ3) is 4.02. The van der Waals surface area contributed by atoms with Crippen molar-refractivity contribution in [2.75, 3.05) is 13.7 Å². The summed E-state index contributed by atoms with van der Waals surface area (Å²) in [6.45, 7) is 2.43. The van der Waals surface area contributed by atoms with Crippen molar-refractivity contribution < 1.29 is 13.9 Å². The fourth-order valence-corrected chi connectivity index (χ4v) is 2.91. The first-order valence-electron chi connectivity index (χ1n) is 6.97. The van der Waals surface area contributed by atoms with Gasteiger partial charge in [0.1, 0.15) is 5.82 Å². The van der Waals surface area contributed by atoms with Crippen molar-refractivity contribution >= 4 is 34.2 Å². The third-order valence-corrected chi connectivity index (χ3v) is 3.94. The van der Waals surface area contributed by atoms with E-state index in [0.717, 1.165) is 9.13 Å². The summed E-state index contributed by atoms with van der Waals surface area (Å²) < 4.78 is 25.7. The molecule has 23 heavy (non-hydrogen) atoms. The van der Waals surface area contributed by atoms with Crippen LogP contribution in [-0.4, -0.2) is 13.7 Å². The number of ether oxygens (including phenoxy) is 2. The van der Waals surface area contributed by atoms with Crippen LogP contribution in [-0.2, 0) is 0 Å². The van der Waals surface area contributed by atoms with Crippen LogP contribution >= 0.6 is 22.6 Å². The van der Waals surface area contributed by atoms with Gasteiger partial charge in [-0.1, -0.05) is 18.2 Å². The number of allylic oxidation sites excluding steroid dienone is 1. The Hall–Kier alpha value is -2.07. The number of hydrogen-bond donors (Lipinski definition) is 0. The topological polar surface area (TPSA) is 42.2 Å². The highest BCUT2D eigenvalue weighted by Crippen LogP contribution is 2.35. The number of methoxy groups -OCH3 is 1. The predicted molar refractivity (Wildman–Crippen MR) is 96.8 cm³/mol. The van der Waals surface area contributed by atoms with E-state index in [1.807, 2.05) is 13.0 Å². The van der Waals surface area contributed by atoms with Crippen molar-refractivity contribution in [3.63, 3.8) is 0 Å². The summed E-state index contributed by atoms with van der Waals surface area (Å²) in [6, 6.07) is 11.9. The fraction of sp³-hybridized carbons (Fsp3) is 0.167. The van der Waals surface area contributed by atoms with E-state index in [4.69, 9.17) is 9.47 Å². The van der Waals surface area contributed by atoms with Gasteiger partial charge in [0.2, 0.25) is 0 Å². The van der Waals surface area contributed by atoms with Gasteiger partial charge in [-0.15, -0.1) is 0 Å². The van der Waals surface area contributed by atoms with Crippen LogP contribution in [0.15, 0.2) is 36.4 Å². The van der Waals surface area contributed by atoms with Gasteiger partial charge in [-0.25, -0.2) is 4.39 Å². The summed E-state index contributed by atoms with van der Waals surface area (Å²) in [5, 5.41) is 9.36. The Balaban J connectivity index is 2.51. The first-order chi connectivity index (χ1) is 11.1. The van der Waals surface area contributed by atoms with Crippen LogP contribution in [0.5, 0.6) is 11.5 Å². The standard InChI is InChI=1S/C18H15FINO2/c1-3-23-18-16(20)9-12(10-17(18)22-2)8-13(11-21)14-6-4-5-7-15(14)19/h4-10H,3H2,1-2H3. The van der Waals surface area contributed by atoms with Crippen molar-refractivity contribution in [3.8, 4) is 17.6 Å². The van der Waals surface area contributed by atoms with Crippen molar-refractivity contribution in [2.45, 2.75) is 6.92 Å². The second-order valence-corrected chi connectivity index (χ2v) is 5.78. The first kappa shape index (κ1) is 17.3. The highest BCUT2D eigenvalue weighted by molar-refractivity contribution is 14.1. The highest BCUT2D eigenvalue weighted by atomic mass is 127. The average molecular weight is 423 g/mol. The number of benzene rings is 2. The number of hydrogen-bond acceptors (Lipinski definition) is 3. The molecular weight excluding hydrogens is 408 g/mol. The minimum atomic E-state index is -0.423. The van der Waals surface area contributed by atoms with E-state index >= 15 is 0 Å². The molecule has 0 amide bonds. The third-order valence-electron chi connectivity index (χ3n) is 3.14. The largest absolute Gasteiger partial charge is 0.493 e. The smallest absolute Gasteiger partial charge is 0.174 e. The van der Waals surface area contributed by atoms with E-state index in [1.165, 1.54) is 6.07 Å². The summed E-state index contributed by atoms with van der Waals surface area (Å²) in [7, 11) is 1.56. The number of halogens is 2. The van der Waals surface area contributed by atoms with Gasteiger partial charge in [0.15, 0.2) is 11.5 Å². The second kappa shape index (κ2) is 7.97. The molecule has 0 fully saturated rings. The Morgan fingerprint density at radius 2 is 2.09 bits per heavy atom. The molecule has 0 N–H and O–H groups in total. The Bertz CT molecular complexity index is 781. The maximum atomic E-state index is 13.9. The molecular formula is C18H15FINO2. The maximum Gasteiger partial charge on any atom is 0.174 e. The molecule has 0 radical (unpaired) electrons. The lowest BCUT2D eigenvalue weighted by Crippen LogP contribution is -1.98. The molecule has 0 unspecified atom stereocenters. The molecule has 0 aliphatic rings. The van der Waals surface area contributed by atoms with Crippen LogP contribution < -0.4 is 9.47 Å². The Kier molecular flexibility index (Phi) is 5.99. The molecule has 0 saturated carbocycles. The van der Waals surface area contributed by atoms with E-state index < -0.39 is 5.82 Å². The van der Waals surface area contributed by atoms with Gasteiger partial charge in [0.05, 0.1) is 28.9 Å². The normalized spacial score (nSPS) is 11.0. The van der Waals surface area contributed by atoms with Crippen LogP contribution in [0.25, 0.3) is 11.6 Å². The molecule has 0 spiro atoms. The van der Waals surface area contributed by atoms with Gasteiger partial charge in [0, 0.05) is 5.56 Å². The zero-order chi connectivity index (χ0) is 16.8. The van der Waals surface area contributed by atoms with Crippen molar-refractivity contribution in [1.29, 1.82) is 5.26 Å². The molecule has 0 saturated heterocycles. The molecule has 0 aromatic heterocycles. The molecule has 0 heterocycles. The zero-order valence-corrected chi connectivity index (χ0v) is 14.9. The lowest BCUT2D eigenvalue weighted by molar-refractivity contribution is 0.308. The van der Waals surface area contributed by atoms with Gasteiger partial charge >= 0.3 is 0 Å². The molecule has 0 atom stereocenters. The van der Waals surface area contributed by atoms with Crippen molar-refractivity contribution in [1.82, 2.24) is 0 Å². The van der Waals surface area contributed by atoms with Gasteiger partial charge in [-0.05, 0) is 59.4 Å². The molecule has 118 valence electrons. The van der Waals surface area contributed by atoms with Gasteiger partial charge < -0.3 is 9.47 Å². The molecule has 2 rings (SSSR count). The fourth-order valence-electron chi connectivity index (χ4n) is 2.12. The lowest BCUT2D eigenvalue weighted by atomic mass is 10.0. The van der Waals surface area contributed by atoms with Crippen LogP contribution in [0.1, 0.15) is 18.1 Å². The van der Waals surface area contributed by atoms with Crippen LogP contribution in [0.2, 0.25) is 0 Å². The van der Waals surface area contributed by atoms with E-state index in [-0.39, 0.29) is 11.1 Å². The van der Waals surface area contributed by atoms with Crippen molar-refractivity contribution in [3.05, 3.63) is 56.9 Å². The molecule has 0 bridgehead atoms. The lowest BCUT2D eigenvalue weighted by Gasteiger charge is -2.12. The SMILES string of the molecule is CCOc1c(I)cc(C=C(C#N)c2ccccc2F)cc1OC. The van der Waals surface area contributed by atoms with E-state index in [1.54, 1.807) is 37.5 Å². The Morgan fingerprint density at radius 3 is 2.70 bits per heavy atom. The summed E-state index contributed by atoms with van der Waals surface area (Å²) in [5.74, 6) is 0.820. The highest BCUT2D eigenvalue weighted by Gasteiger charge is 2.12. The predicted octanol–water partition coefficient (Wildman–Crippen LogP) is 4.90. The van der Waals surface area contributed by atoms with E-state index in [0.29, 0.717) is 18.1 Å². The molecule has 2 aromatic rings. The van der Waals surface area contributed by atoms with Crippen LogP contribution in [0, 0.1) is 20.7 Å². The van der Waals surface area contributed by atoms with Gasteiger partial charge in [-0.3, -0.25) is 0 Å². The number of rotatable bonds is 5. The molecule has 0 aliphatic carbocycles. The van der Waals surface area contributed by atoms with Crippen molar-refractivity contribution in [2.24, 2.45) is 0 Å². The van der Waals surface area contributed by atoms with E-state index in [2.05, 4.69) is 28.7 Å². The zero-order valence-electron chi connectivity index (χ0n) is 12.8.